The van der Waals surface area contributed by atoms with E-state index in [2.05, 4.69) is 13.8 Å². The van der Waals surface area contributed by atoms with Crippen molar-refractivity contribution in [3.8, 4) is 0 Å². The second-order valence-electron chi connectivity index (χ2n) is 10.9. The van der Waals surface area contributed by atoms with Crippen molar-refractivity contribution < 1.29 is 27.8 Å². The Morgan fingerprint density at radius 1 is 1.03 bits per heavy atom. The van der Waals surface area contributed by atoms with E-state index in [1.807, 2.05) is 0 Å². The third-order valence-electron chi connectivity index (χ3n) is 8.29. The van der Waals surface area contributed by atoms with Crippen molar-refractivity contribution in [2.45, 2.75) is 82.3 Å². The molecule has 1 aromatic heterocycles. The molecule has 2 aliphatic heterocycles. The molecule has 7 heteroatoms. The van der Waals surface area contributed by atoms with Gasteiger partial charge < -0.3 is 14.6 Å². The third-order valence-corrected chi connectivity index (χ3v) is 8.29. The largest absolute Gasteiger partial charge is 0.416 e. The maximum absolute atomic E-state index is 13.2. The highest BCUT2D eigenvalue weighted by Gasteiger charge is 2.55. The summed E-state index contributed by atoms with van der Waals surface area (Å²) in [5.74, 6) is 0.115. The Bertz CT molecular complexity index is 1120. The SMILES string of the molecule is CC(C)c1nc2c(c3c1C(c1ccc(C(F)(F)F)cc1)OC31CCOCC1)C(O)CC1(CC1)C2. The number of aromatic nitrogens is 1. The molecule has 2 spiro atoms. The molecule has 4 aliphatic rings. The monoisotopic (exact) mass is 473 g/mol. The van der Waals surface area contributed by atoms with Crippen LogP contribution >= 0.6 is 0 Å². The number of pyridine rings is 1. The molecule has 2 aliphatic carbocycles. The summed E-state index contributed by atoms with van der Waals surface area (Å²) in [4.78, 5) is 5.13. The summed E-state index contributed by atoms with van der Waals surface area (Å²) in [6.07, 6.45) is -0.311. The second-order valence-corrected chi connectivity index (χ2v) is 10.9. The maximum atomic E-state index is 13.2. The van der Waals surface area contributed by atoms with Crippen molar-refractivity contribution in [1.29, 1.82) is 0 Å². The van der Waals surface area contributed by atoms with Crippen LogP contribution in [0.4, 0.5) is 13.2 Å². The zero-order valence-corrected chi connectivity index (χ0v) is 19.5. The van der Waals surface area contributed by atoms with Gasteiger partial charge in [0.25, 0.3) is 0 Å². The lowest BCUT2D eigenvalue weighted by atomic mass is 9.73. The molecule has 182 valence electrons. The van der Waals surface area contributed by atoms with Gasteiger partial charge in [0.15, 0.2) is 0 Å². The Morgan fingerprint density at radius 3 is 2.29 bits per heavy atom. The van der Waals surface area contributed by atoms with Gasteiger partial charge in [0.1, 0.15) is 6.10 Å². The molecule has 2 aromatic rings. The lowest BCUT2D eigenvalue weighted by Gasteiger charge is -2.38. The summed E-state index contributed by atoms with van der Waals surface area (Å²) in [6.45, 7) is 5.29. The van der Waals surface area contributed by atoms with Crippen molar-refractivity contribution >= 4 is 0 Å². The molecule has 2 fully saturated rings. The van der Waals surface area contributed by atoms with Crippen molar-refractivity contribution in [1.82, 2.24) is 4.98 Å². The first-order valence-electron chi connectivity index (χ1n) is 12.3. The number of hydrogen-bond acceptors (Lipinski definition) is 4. The second kappa shape index (κ2) is 7.52. The van der Waals surface area contributed by atoms with Gasteiger partial charge in [0.05, 0.1) is 17.3 Å². The number of hydrogen-bond donors (Lipinski definition) is 1. The first kappa shape index (κ1) is 22.5. The van der Waals surface area contributed by atoms with E-state index in [1.165, 1.54) is 12.1 Å². The van der Waals surface area contributed by atoms with E-state index in [4.69, 9.17) is 14.5 Å². The van der Waals surface area contributed by atoms with Crippen LogP contribution in [0.1, 0.15) is 103 Å². The minimum Gasteiger partial charge on any atom is -0.388 e. The van der Waals surface area contributed by atoms with Crippen LogP contribution in [0.15, 0.2) is 24.3 Å². The molecule has 2 atom stereocenters. The van der Waals surface area contributed by atoms with Gasteiger partial charge in [0.2, 0.25) is 0 Å². The fourth-order valence-corrected chi connectivity index (χ4v) is 6.36. The summed E-state index contributed by atoms with van der Waals surface area (Å²) in [5.41, 5.74) is 4.39. The number of alkyl halides is 3. The molecular weight excluding hydrogens is 443 g/mol. The number of ether oxygens (including phenoxy) is 2. The average Bonchev–Trinajstić information content (AvgIpc) is 3.46. The highest BCUT2D eigenvalue weighted by molar-refractivity contribution is 5.54. The number of fused-ring (bicyclic) bond motifs is 4. The van der Waals surface area contributed by atoms with E-state index in [1.54, 1.807) is 0 Å². The van der Waals surface area contributed by atoms with Gasteiger partial charge in [-0.1, -0.05) is 26.0 Å². The van der Waals surface area contributed by atoms with Gasteiger partial charge >= 0.3 is 6.18 Å². The Kier molecular flexibility index (Phi) is 4.98. The Morgan fingerprint density at radius 2 is 1.71 bits per heavy atom. The number of halogens is 3. The highest BCUT2D eigenvalue weighted by Crippen LogP contribution is 2.62. The fraction of sp³-hybridized carbons (Fsp3) is 0.593. The summed E-state index contributed by atoms with van der Waals surface area (Å²) in [7, 11) is 0. The molecule has 1 saturated heterocycles. The van der Waals surface area contributed by atoms with E-state index in [-0.39, 0.29) is 11.3 Å². The molecule has 0 amide bonds. The topological polar surface area (TPSA) is 51.6 Å². The quantitative estimate of drug-likeness (QED) is 0.572. The first-order valence-corrected chi connectivity index (χ1v) is 12.3. The van der Waals surface area contributed by atoms with Crippen LogP contribution in [0.3, 0.4) is 0 Å². The molecule has 1 saturated carbocycles. The van der Waals surface area contributed by atoms with Gasteiger partial charge in [-0.05, 0) is 60.3 Å². The Labute approximate surface area is 197 Å². The average molecular weight is 474 g/mol. The summed E-state index contributed by atoms with van der Waals surface area (Å²) >= 11 is 0. The summed E-state index contributed by atoms with van der Waals surface area (Å²) < 4.78 is 52.1. The van der Waals surface area contributed by atoms with Crippen LogP contribution in [0.25, 0.3) is 0 Å². The van der Waals surface area contributed by atoms with Crippen molar-refractivity contribution in [2.24, 2.45) is 5.41 Å². The van der Waals surface area contributed by atoms with E-state index >= 15 is 0 Å². The van der Waals surface area contributed by atoms with E-state index in [0.29, 0.717) is 31.6 Å². The normalized spacial score (nSPS) is 26.7. The van der Waals surface area contributed by atoms with Gasteiger partial charge in [-0.2, -0.15) is 13.2 Å². The van der Waals surface area contributed by atoms with Crippen molar-refractivity contribution in [3.63, 3.8) is 0 Å². The number of aliphatic hydroxyl groups excluding tert-OH is 1. The molecule has 6 rings (SSSR count). The standard InChI is InChI=1S/C27H30F3NO3/c1-15(2)23-21-22(20-18(31-23)13-25(7-8-25)14-19(20)32)26(9-11-33-12-10-26)34-24(21)16-3-5-17(6-4-16)27(28,29)30/h3-6,15,19,24,32H,7-14H2,1-2H3. The minimum absolute atomic E-state index is 0.115. The van der Waals surface area contributed by atoms with Gasteiger partial charge in [-0.25, -0.2) is 0 Å². The number of benzene rings is 1. The summed E-state index contributed by atoms with van der Waals surface area (Å²) in [6, 6.07) is 5.30. The molecular formula is C27H30F3NO3. The number of rotatable bonds is 2. The zero-order chi connectivity index (χ0) is 23.9. The smallest absolute Gasteiger partial charge is 0.388 e. The number of aliphatic hydroxyl groups is 1. The van der Waals surface area contributed by atoms with E-state index in [0.717, 1.165) is 65.9 Å². The molecule has 0 bridgehead atoms. The highest BCUT2D eigenvalue weighted by atomic mass is 19.4. The maximum Gasteiger partial charge on any atom is 0.416 e. The Balaban J connectivity index is 1.56. The van der Waals surface area contributed by atoms with Gasteiger partial charge in [-0.15, -0.1) is 0 Å². The van der Waals surface area contributed by atoms with Crippen LogP contribution in [-0.4, -0.2) is 23.3 Å². The molecule has 2 unspecified atom stereocenters. The minimum atomic E-state index is -4.39. The van der Waals surface area contributed by atoms with Crippen molar-refractivity contribution in [3.05, 3.63) is 63.5 Å². The van der Waals surface area contributed by atoms with Gasteiger partial charge in [0, 0.05) is 48.6 Å². The Hall–Kier alpha value is -1.96. The molecule has 0 radical (unpaired) electrons. The van der Waals surface area contributed by atoms with Crippen LogP contribution in [0.2, 0.25) is 0 Å². The molecule has 4 nitrogen and oxygen atoms in total. The van der Waals surface area contributed by atoms with E-state index in [9.17, 15) is 18.3 Å². The van der Waals surface area contributed by atoms with Crippen LogP contribution in [0, 0.1) is 5.41 Å². The van der Waals surface area contributed by atoms with Crippen LogP contribution in [0.5, 0.6) is 0 Å². The number of nitrogens with zero attached hydrogens (tertiary/aromatic N) is 1. The predicted octanol–water partition coefficient (Wildman–Crippen LogP) is 6.11. The third kappa shape index (κ3) is 3.42. The van der Waals surface area contributed by atoms with Crippen LogP contribution < -0.4 is 0 Å². The summed E-state index contributed by atoms with van der Waals surface area (Å²) in [5, 5.41) is 11.4. The lowest BCUT2D eigenvalue weighted by Crippen LogP contribution is -2.36. The molecule has 3 heterocycles. The first-order chi connectivity index (χ1) is 16.1. The van der Waals surface area contributed by atoms with Crippen molar-refractivity contribution in [2.75, 3.05) is 13.2 Å². The van der Waals surface area contributed by atoms with E-state index < -0.39 is 29.5 Å². The van der Waals surface area contributed by atoms with Crippen LogP contribution in [-0.2, 0) is 27.7 Å². The van der Waals surface area contributed by atoms with Gasteiger partial charge in [-0.3, -0.25) is 4.98 Å². The molecule has 1 aromatic carbocycles. The lowest BCUT2D eigenvalue weighted by molar-refractivity contribution is -0.137. The molecule has 34 heavy (non-hydrogen) atoms. The molecule has 1 N–H and O–H groups in total. The zero-order valence-electron chi connectivity index (χ0n) is 19.5. The fourth-order valence-electron chi connectivity index (χ4n) is 6.36. The predicted molar refractivity (Wildman–Crippen MR) is 119 cm³/mol.